The third kappa shape index (κ3) is 2.24. The van der Waals surface area contributed by atoms with Crippen LogP contribution in [0.5, 0.6) is 0 Å². The Kier molecular flexibility index (Phi) is 2.82. The smallest absolute Gasteiger partial charge is 0.283 e. The number of nitrogens with zero attached hydrogens (tertiary/aromatic N) is 2. The Balaban J connectivity index is 2.13. The maximum atomic E-state index is 5.41. The monoisotopic (exact) mass is 207 g/mol. The lowest BCUT2D eigenvalue weighted by Gasteiger charge is -1.90. The van der Waals surface area contributed by atoms with Crippen molar-refractivity contribution in [3.05, 3.63) is 23.8 Å². The van der Waals surface area contributed by atoms with E-state index in [9.17, 15) is 0 Å². The van der Waals surface area contributed by atoms with Crippen LogP contribution in [0.4, 0.5) is 0 Å². The van der Waals surface area contributed by atoms with Crippen molar-refractivity contribution in [1.82, 2.24) is 10.2 Å². The quantitative estimate of drug-likeness (QED) is 0.822. The third-order valence-corrected chi connectivity index (χ3v) is 2.01. The first-order chi connectivity index (χ1) is 7.29. The molecule has 2 rings (SSSR count). The fourth-order valence-electron chi connectivity index (χ4n) is 1.26. The Morgan fingerprint density at radius 2 is 2.13 bits per heavy atom. The molecule has 0 aromatic carbocycles. The minimum absolute atomic E-state index is 0.426. The van der Waals surface area contributed by atoms with Gasteiger partial charge in [0.15, 0.2) is 5.76 Å². The highest BCUT2D eigenvalue weighted by Crippen LogP contribution is 2.20. The van der Waals surface area contributed by atoms with Gasteiger partial charge in [0.2, 0.25) is 5.89 Å². The highest BCUT2D eigenvalue weighted by Gasteiger charge is 2.11. The van der Waals surface area contributed by atoms with Gasteiger partial charge in [-0.05, 0) is 32.0 Å². The number of aromatic nitrogens is 2. The zero-order valence-electron chi connectivity index (χ0n) is 8.56. The Labute approximate surface area is 87.3 Å². The second-order valence-electron chi connectivity index (χ2n) is 3.30. The highest BCUT2D eigenvalue weighted by atomic mass is 16.4. The second kappa shape index (κ2) is 4.27. The van der Waals surface area contributed by atoms with Crippen LogP contribution >= 0.6 is 0 Å². The van der Waals surface area contributed by atoms with Gasteiger partial charge < -0.3 is 14.6 Å². The van der Waals surface area contributed by atoms with Crippen molar-refractivity contribution in [2.45, 2.75) is 19.8 Å². The van der Waals surface area contributed by atoms with Crippen molar-refractivity contribution in [1.29, 1.82) is 0 Å². The van der Waals surface area contributed by atoms with Crippen LogP contribution in [-0.2, 0) is 6.42 Å². The predicted molar refractivity (Wildman–Crippen MR) is 54.1 cm³/mol. The van der Waals surface area contributed by atoms with Gasteiger partial charge in [0, 0.05) is 6.42 Å². The van der Waals surface area contributed by atoms with E-state index in [0.29, 0.717) is 30.5 Å². The van der Waals surface area contributed by atoms with Crippen LogP contribution in [0.2, 0.25) is 0 Å². The lowest BCUT2D eigenvalue weighted by molar-refractivity contribution is 0.469. The molecule has 0 atom stereocenters. The van der Waals surface area contributed by atoms with Gasteiger partial charge in [-0.25, -0.2) is 0 Å². The molecule has 2 aromatic heterocycles. The van der Waals surface area contributed by atoms with Gasteiger partial charge >= 0.3 is 0 Å². The first-order valence-corrected chi connectivity index (χ1v) is 4.89. The first kappa shape index (κ1) is 9.92. The summed E-state index contributed by atoms with van der Waals surface area (Å²) >= 11 is 0. The van der Waals surface area contributed by atoms with Crippen LogP contribution in [0.3, 0.4) is 0 Å². The van der Waals surface area contributed by atoms with Crippen molar-refractivity contribution >= 4 is 0 Å². The molecule has 0 aliphatic heterocycles. The number of furan rings is 1. The molecule has 0 saturated heterocycles. The predicted octanol–water partition coefficient (Wildman–Crippen LogP) is 1.53. The summed E-state index contributed by atoms with van der Waals surface area (Å²) in [6.07, 6.45) is 1.56. The largest absolute Gasteiger partial charge is 0.456 e. The molecule has 80 valence electrons. The van der Waals surface area contributed by atoms with Crippen LogP contribution in [0.25, 0.3) is 11.7 Å². The van der Waals surface area contributed by atoms with Crippen LogP contribution in [0, 0.1) is 6.92 Å². The SMILES string of the molecule is Cc1ccc(-c2nnc(CCCN)o2)o1. The summed E-state index contributed by atoms with van der Waals surface area (Å²) in [4.78, 5) is 0. The number of hydrogen-bond donors (Lipinski definition) is 1. The van der Waals surface area contributed by atoms with E-state index in [1.807, 2.05) is 19.1 Å². The molecule has 0 aliphatic rings. The molecule has 0 aliphatic carbocycles. The van der Waals surface area contributed by atoms with Crippen molar-refractivity contribution < 1.29 is 8.83 Å². The minimum atomic E-state index is 0.426. The van der Waals surface area contributed by atoms with Crippen LogP contribution < -0.4 is 5.73 Å². The van der Waals surface area contributed by atoms with E-state index in [1.165, 1.54) is 0 Å². The Hall–Kier alpha value is -1.62. The van der Waals surface area contributed by atoms with Crippen molar-refractivity contribution in [2.24, 2.45) is 5.73 Å². The molecule has 5 nitrogen and oxygen atoms in total. The van der Waals surface area contributed by atoms with Crippen molar-refractivity contribution in [2.75, 3.05) is 6.54 Å². The zero-order chi connectivity index (χ0) is 10.7. The summed E-state index contributed by atoms with van der Waals surface area (Å²) in [6, 6.07) is 3.68. The molecule has 0 bridgehead atoms. The Morgan fingerprint density at radius 3 is 2.80 bits per heavy atom. The first-order valence-electron chi connectivity index (χ1n) is 4.89. The molecule has 2 N–H and O–H groups in total. The third-order valence-electron chi connectivity index (χ3n) is 2.01. The molecular weight excluding hydrogens is 194 g/mol. The zero-order valence-corrected chi connectivity index (χ0v) is 8.56. The maximum Gasteiger partial charge on any atom is 0.283 e. The van der Waals surface area contributed by atoms with E-state index in [2.05, 4.69) is 10.2 Å². The van der Waals surface area contributed by atoms with E-state index in [0.717, 1.165) is 12.2 Å². The van der Waals surface area contributed by atoms with Gasteiger partial charge in [0.25, 0.3) is 5.89 Å². The number of nitrogens with two attached hydrogens (primary N) is 1. The van der Waals surface area contributed by atoms with Gasteiger partial charge in [0.1, 0.15) is 5.76 Å². The van der Waals surface area contributed by atoms with E-state index < -0.39 is 0 Å². The highest BCUT2D eigenvalue weighted by molar-refractivity contribution is 5.43. The number of aryl methyl sites for hydroxylation is 2. The van der Waals surface area contributed by atoms with Crippen molar-refractivity contribution in [3.63, 3.8) is 0 Å². The summed E-state index contributed by atoms with van der Waals surface area (Å²) in [6.45, 7) is 2.49. The molecule has 2 aromatic rings. The van der Waals surface area contributed by atoms with Gasteiger partial charge in [0.05, 0.1) is 0 Å². The van der Waals surface area contributed by atoms with Crippen molar-refractivity contribution in [3.8, 4) is 11.7 Å². The van der Waals surface area contributed by atoms with Crippen LogP contribution in [0.1, 0.15) is 18.1 Å². The summed E-state index contributed by atoms with van der Waals surface area (Å²) in [5.41, 5.74) is 5.39. The lowest BCUT2D eigenvalue weighted by atomic mass is 10.3. The van der Waals surface area contributed by atoms with Crippen LogP contribution in [-0.4, -0.2) is 16.7 Å². The maximum absolute atomic E-state index is 5.41. The van der Waals surface area contributed by atoms with Gasteiger partial charge in [-0.2, -0.15) is 0 Å². The summed E-state index contributed by atoms with van der Waals surface area (Å²) in [5.74, 6) is 2.46. The van der Waals surface area contributed by atoms with Gasteiger partial charge in [-0.15, -0.1) is 10.2 Å². The topological polar surface area (TPSA) is 78.1 Å². The standard InChI is InChI=1S/C10H13N3O2/c1-7-4-5-8(14-7)10-13-12-9(15-10)3-2-6-11/h4-5H,2-3,6,11H2,1H3. The second-order valence-corrected chi connectivity index (χ2v) is 3.30. The van der Waals surface area contributed by atoms with Gasteiger partial charge in [-0.3, -0.25) is 0 Å². The molecule has 0 amide bonds. The minimum Gasteiger partial charge on any atom is -0.456 e. The molecule has 0 radical (unpaired) electrons. The molecule has 2 heterocycles. The molecule has 15 heavy (non-hydrogen) atoms. The van der Waals surface area contributed by atoms with E-state index >= 15 is 0 Å². The fraction of sp³-hybridized carbons (Fsp3) is 0.400. The molecule has 0 saturated carbocycles. The molecule has 0 fully saturated rings. The van der Waals surface area contributed by atoms with Crippen LogP contribution in [0.15, 0.2) is 21.0 Å². The molecular formula is C10H13N3O2. The van der Waals surface area contributed by atoms with Gasteiger partial charge in [-0.1, -0.05) is 0 Å². The number of rotatable bonds is 4. The summed E-state index contributed by atoms with van der Waals surface area (Å²) in [7, 11) is 0. The molecule has 5 heteroatoms. The average molecular weight is 207 g/mol. The average Bonchev–Trinajstić information content (AvgIpc) is 2.83. The van der Waals surface area contributed by atoms with E-state index in [1.54, 1.807) is 0 Å². The fourth-order valence-corrected chi connectivity index (χ4v) is 1.26. The summed E-state index contributed by atoms with van der Waals surface area (Å²) in [5, 5.41) is 7.81. The lowest BCUT2D eigenvalue weighted by Crippen LogP contribution is -2.00. The summed E-state index contributed by atoms with van der Waals surface area (Å²) < 4.78 is 10.8. The molecule has 0 unspecified atom stereocenters. The van der Waals surface area contributed by atoms with E-state index in [-0.39, 0.29) is 0 Å². The number of hydrogen-bond acceptors (Lipinski definition) is 5. The molecule has 0 spiro atoms. The Bertz CT molecular complexity index is 433. The van der Waals surface area contributed by atoms with E-state index in [4.69, 9.17) is 14.6 Å². The normalized spacial score (nSPS) is 10.8. The Morgan fingerprint density at radius 1 is 1.27 bits per heavy atom.